The van der Waals surface area contributed by atoms with Gasteiger partial charge in [0, 0.05) is 11.9 Å². The van der Waals surface area contributed by atoms with Crippen LogP contribution in [0.1, 0.15) is 36.8 Å². The summed E-state index contributed by atoms with van der Waals surface area (Å²) < 4.78 is 1.60. The molecule has 2 aromatic carbocycles. The van der Waals surface area contributed by atoms with Gasteiger partial charge in [-0.3, -0.25) is 4.79 Å². The van der Waals surface area contributed by atoms with Gasteiger partial charge in [0.1, 0.15) is 5.75 Å². The van der Waals surface area contributed by atoms with Gasteiger partial charge in [0.05, 0.1) is 11.6 Å². The Morgan fingerprint density at radius 1 is 0.931 bits per heavy atom. The van der Waals surface area contributed by atoms with Crippen LogP contribution in [0.25, 0.3) is 22.9 Å². The van der Waals surface area contributed by atoms with Crippen LogP contribution in [0.3, 0.4) is 0 Å². The van der Waals surface area contributed by atoms with Crippen molar-refractivity contribution < 1.29 is 5.11 Å². The third-order valence-corrected chi connectivity index (χ3v) is 5.53. The summed E-state index contributed by atoms with van der Waals surface area (Å²) in [5, 5.41) is 15.3. The topological polar surface area (TPSA) is 58.4 Å². The Hall–Kier alpha value is -2.92. The van der Waals surface area contributed by atoms with Gasteiger partial charge in [0.25, 0.3) is 5.56 Å². The van der Waals surface area contributed by atoms with E-state index in [1.54, 1.807) is 23.0 Å². The SMILES string of the molecule is O=c1c2ccc(/C=C/c3ccc(O)cc3)cc2cnn1CCCN1CCCCC1. The summed E-state index contributed by atoms with van der Waals surface area (Å²) in [7, 11) is 0. The van der Waals surface area contributed by atoms with Crippen molar-refractivity contribution in [2.24, 2.45) is 0 Å². The number of phenolic OH excluding ortho intramolecular Hbond substituents is 1. The molecule has 1 saturated heterocycles. The maximum absolute atomic E-state index is 12.8. The predicted octanol–water partition coefficient (Wildman–Crippen LogP) is 4.15. The maximum Gasteiger partial charge on any atom is 0.274 e. The molecule has 1 fully saturated rings. The number of hydrogen-bond donors (Lipinski definition) is 1. The van der Waals surface area contributed by atoms with E-state index in [9.17, 15) is 9.90 Å². The number of aryl methyl sites for hydroxylation is 1. The highest BCUT2D eigenvalue weighted by molar-refractivity contribution is 5.84. The van der Waals surface area contributed by atoms with Crippen LogP contribution in [0.5, 0.6) is 5.75 Å². The van der Waals surface area contributed by atoms with E-state index in [1.807, 2.05) is 42.5 Å². The number of phenols is 1. The molecule has 5 heteroatoms. The summed E-state index contributed by atoms with van der Waals surface area (Å²) in [6, 6.07) is 12.9. The standard InChI is InChI=1S/C24H27N3O2/c28-22-10-7-19(8-11-22)5-6-20-9-12-23-21(17-20)18-25-27(24(23)29)16-4-15-26-13-2-1-3-14-26/h5-12,17-18,28H,1-4,13-16H2/b6-5+. The Labute approximate surface area is 170 Å². The Balaban J connectivity index is 1.44. The lowest BCUT2D eigenvalue weighted by Gasteiger charge is -2.26. The van der Waals surface area contributed by atoms with E-state index in [1.165, 1.54) is 32.4 Å². The summed E-state index contributed by atoms with van der Waals surface area (Å²) in [5.41, 5.74) is 2.00. The number of piperidine rings is 1. The van der Waals surface area contributed by atoms with E-state index in [-0.39, 0.29) is 11.3 Å². The first-order chi connectivity index (χ1) is 14.2. The zero-order valence-electron chi connectivity index (χ0n) is 16.6. The molecular formula is C24H27N3O2. The summed E-state index contributed by atoms with van der Waals surface area (Å²) >= 11 is 0. The average molecular weight is 389 g/mol. The Kier molecular flexibility index (Phi) is 6.06. The van der Waals surface area contributed by atoms with E-state index in [4.69, 9.17) is 0 Å². The lowest BCUT2D eigenvalue weighted by molar-refractivity contribution is 0.221. The third-order valence-electron chi connectivity index (χ3n) is 5.53. The van der Waals surface area contributed by atoms with E-state index in [0.717, 1.165) is 29.5 Å². The van der Waals surface area contributed by atoms with Crippen molar-refractivity contribution in [3.05, 3.63) is 70.1 Å². The van der Waals surface area contributed by atoms with E-state index < -0.39 is 0 Å². The van der Waals surface area contributed by atoms with Gasteiger partial charge in [-0.1, -0.05) is 36.8 Å². The minimum absolute atomic E-state index is 0.0183. The largest absolute Gasteiger partial charge is 0.508 e. The van der Waals surface area contributed by atoms with Gasteiger partial charge in [0.2, 0.25) is 0 Å². The lowest BCUT2D eigenvalue weighted by Crippen LogP contribution is -2.32. The fourth-order valence-corrected chi connectivity index (χ4v) is 3.87. The van der Waals surface area contributed by atoms with Crippen LogP contribution in [0.2, 0.25) is 0 Å². The number of hydrogen-bond acceptors (Lipinski definition) is 4. The van der Waals surface area contributed by atoms with Crippen LogP contribution in [0, 0.1) is 0 Å². The summed E-state index contributed by atoms with van der Waals surface area (Å²) in [5.74, 6) is 0.256. The van der Waals surface area contributed by atoms with Crippen LogP contribution in [0.4, 0.5) is 0 Å². The van der Waals surface area contributed by atoms with Gasteiger partial charge in [-0.15, -0.1) is 0 Å². The maximum atomic E-state index is 12.8. The van der Waals surface area contributed by atoms with Crippen molar-refractivity contribution in [3.63, 3.8) is 0 Å². The second kappa shape index (κ2) is 9.05. The molecule has 4 rings (SSSR count). The lowest BCUT2D eigenvalue weighted by atomic mass is 10.1. The second-order valence-corrected chi connectivity index (χ2v) is 7.70. The normalized spacial score (nSPS) is 15.3. The van der Waals surface area contributed by atoms with Crippen molar-refractivity contribution in [2.75, 3.05) is 19.6 Å². The molecule has 0 aliphatic carbocycles. The zero-order valence-corrected chi connectivity index (χ0v) is 16.6. The molecule has 1 aromatic heterocycles. The smallest absolute Gasteiger partial charge is 0.274 e. The quantitative estimate of drug-likeness (QED) is 0.644. The molecule has 0 unspecified atom stereocenters. The fourth-order valence-electron chi connectivity index (χ4n) is 3.87. The first-order valence-corrected chi connectivity index (χ1v) is 10.4. The molecule has 1 aliphatic rings. The zero-order chi connectivity index (χ0) is 20.1. The summed E-state index contributed by atoms with van der Waals surface area (Å²) in [4.78, 5) is 15.3. The highest BCUT2D eigenvalue weighted by Gasteiger charge is 2.10. The van der Waals surface area contributed by atoms with Gasteiger partial charge in [-0.25, -0.2) is 4.68 Å². The molecule has 0 radical (unpaired) electrons. The molecule has 2 heterocycles. The van der Waals surface area contributed by atoms with Crippen LogP contribution in [0.15, 0.2) is 53.5 Å². The van der Waals surface area contributed by atoms with Gasteiger partial charge in [-0.05, 0) is 74.3 Å². The summed E-state index contributed by atoms with van der Waals surface area (Å²) in [6.45, 7) is 4.06. The van der Waals surface area contributed by atoms with E-state index >= 15 is 0 Å². The van der Waals surface area contributed by atoms with Crippen LogP contribution in [-0.2, 0) is 6.54 Å². The Bertz CT molecular complexity index is 1050. The molecule has 0 amide bonds. The molecule has 0 atom stereocenters. The van der Waals surface area contributed by atoms with Crippen LogP contribution in [-0.4, -0.2) is 39.4 Å². The minimum Gasteiger partial charge on any atom is -0.508 e. The molecule has 0 bridgehead atoms. The van der Waals surface area contributed by atoms with Gasteiger partial charge < -0.3 is 10.0 Å². The van der Waals surface area contributed by atoms with Crippen LogP contribution >= 0.6 is 0 Å². The molecule has 1 N–H and O–H groups in total. The molecular weight excluding hydrogens is 362 g/mol. The first kappa shape index (κ1) is 19.4. The number of benzene rings is 2. The van der Waals surface area contributed by atoms with Crippen molar-refractivity contribution in [1.82, 2.24) is 14.7 Å². The molecule has 1 aliphatic heterocycles. The monoisotopic (exact) mass is 389 g/mol. The highest BCUT2D eigenvalue weighted by Crippen LogP contribution is 2.16. The molecule has 3 aromatic rings. The van der Waals surface area contributed by atoms with Crippen LogP contribution < -0.4 is 5.56 Å². The molecule has 5 nitrogen and oxygen atoms in total. The number of rotatable bonds is 6. The number of fused-ring (bicyclic) bond motifs is 1. The number of likely N-dealkylation sites (tertiary alicyclic amines) is 1. The summed E-state index contributed by atoms with van der Waals surface area (Å²) in [6.07, 6.45) is 10.6. The molecule has 150 valence electrons. The van der Waals surface area contributed by atoms with E-state index in [0.29, 0.717) is 11.9 Å². The van der Waals surface area contributed by atoms with Gasteiger partial charge in [0.15, 0.2) is 0 Å². The Morgan fingerprint density at radius 2 is 1.66 bits per heavy atom. The van der Waals surface area contributed by atoms with Gasteiger partial charge in [-0.2, -0.15) is 5.10 Å². The number of aromatic nitrogens is 2. The van der Waals surface area contributed by atoms with Crippen molar-refractivity contribution in [2.45, 2.75) is 32.2 Å². The third kappa shape index (κ3) is 4.93. The van der Waals surface area contributed by atoms with E-state index in [2.05, 4.69) is 10.00 Å². The average Bonchev–Trinajstić information content (AvgIpc) is 2.76. The molecule has 0 spiro atoms. The first-order valence-electron chi connectivity index (χ1n) is 10.4. The fraction of sp³-hybridized carbons (Fsp3) is 0.333. The minimum atomic E-state index is -0.0183. The van der Waals surface area contributed by atoms with Crippen molar-refractivity contribution in [3.8, 4) is 5.75 Å². The Morgan fingerprint density at radius 3 is 2.45 bits per heavy atom. The number of aromatic hydroxyl groups is 1. The molecule has 0 saturated carbocycles. The van der Waals surface area contributed by atoms with Crippen molar-refractivity contribution >= 4 is 22.9 Å². The highest BCUT2D eigenvalue weighted by atomic mass is 16.3. The number of nitrogens with zero attached hydrogens (tertiary/aromatic N) is 3. The van der Waals surface area contributed by atoms with Gasteiger partial charge >= 0.3 is 0 Å². The molecule has 29 heavy (non-hydrogen) atoms. The van der Waals surface area contributed by atoms with Crippen molar-refractivity contribution in [1.29, 1.82) is 0 Å². The second-order valence-electron chi connectivity index (χ2n) is 7.70. The predicted molar refractivity (Wildman–Crippen MR) is 118 cm³/mol.